The van der Waals surface area contributed by atoms with Crippen molar-refractivity contribution in [3.8, 4) is 0 Å². The van der Waals surface area contributed by atoms with E-state index in [1.807, 2.05) is 0 Å². The maximum Gasteiger partial charge on any atom is 0.416 e. The van der Waals surface area contributed by atoms with Gasteiger partial charge < -0.3 is 4.90 Å². The molecule has 0 bridgehead atoms. The van der Waals surface area contributed by atoms with Gasteiger partial charge in [-0.15, -0.1) is 0 Å². The van der Waals surface area contributed by atoms with Gasteiger partial charge in [-0.3, -0.25) is 4.79 Å². The second-order valence-electron chi connectivity index (χ2n) is 5.05. The molecule has 0 radical (unpaired) electrons. The normalized spacial score (nSPS) is 14.1. The number of rotatable bonds is 1. The summed E-state index contributed by atoms with van der Waals surface area (Å²) < 4.78 is 50.7. The van der Waals surface area contributed by atoms with Gasteiger partial charge in [-0.05, 0) is 54.4 Å². The zero-order chi connectivity index (χ0) is 15.9. The molecule has 2 nitrogen and oxygen atoms in total. The summed E-state index contributed by atoms with van der Waals surface area (Å²) in [5.41, 5.74) is 0.699. The van der Waals surface area contributed by atoms with E-state index in [1.165, 1.54) is 23.1 Å². The Morgan fingerprint density at radius 3 is 2.36 bits per heavy atom. The number of hydrogen-bond donors (Lipinski definition) is 0. The maximum absolute atomic E-state index is 13.2. The van der Waals surface area contributed by atoms with Crippen molar-refractivity contribution in [1.29, 1.82) is 0 Å². The molecule has 1 heterocycles. The van der Waals surface area contributed by atoms with Crippen molar-refractivity contribution in [1.82, 2.24) is 0 Å². The Balaban J connectivity index is 1.87. The Bertz CT molecular complexity index is 722. The molecule has 3 rings (SSSR count). The fourth-order valence-corrected chi connectivity index (χ4v) is 2.54. The molecule has 0 saturated heterocycles. The summed E-state index contributed by atoms with van der Waals surface area (Å²) in [6.07, 6.45) is -3.90. The van der Waals surface area contributed by atoms with Gasteiger partial charge in [0.05, 0.1) is 5.56 Å². The van der Waals surface area contributed by atoms with Crippen molar-refractivity contribution in [2.45, 2.75) is 12.6 Å². The molecule has 0 saturated carbocycles. The van der Waals surface area contributed by atoms with E-state index in [0.717, 1.165) is 29.8 Å². The minimum Gasteiger partial charge on any atom is -0.308 e. The van der Waals surface area contributed by atoms with Gasteiger partial charge in [0.15, 0.2) is 0 Å². The Morgan fingerprint density at radius 2 is 1.73 bits per heavy atom. The predicted molar refractivity (Wildman–Crippen MR) is 73.2 cm³/mol. The van der Waals surface area contributed by atoms with Crippen LogP contribution in [0.1, 0.15) is 21.5 Å². The van der Waals surface area contributed by atoms with Gasteiger partial charge in [-0.25, -0.2) is 4.39 Å². The molecular weight excluding hydrogens is 298 g/mol. The van der Waals surface area contributed by atoms with Crippen LogP contribution in [0.25, 0.3) is 0 Å². The van der Waals surface area contributed by atoms with Crippen molar-refractivity contribution in [3.63, 3.8) is 0 Å². The zero-order valence-corrected chi connectivity index (χ0v) is 11.3. The maximum atomic E-state index is 13.2. The molecule has 0 aromatic heterocycles. The monoisotopic (exact) mass is 309 g/mol. The molecular formula is C16H11F4NO. The third-order valence-corrected chi connectivity index (χ3v) is 3.64. The summed E-state index contributed by atoms with van der Waals surface area (Å²) >= 11 is 0. The van der Waals surface area contributed by atoms with Crippen LogP contribution in [0.2, 0.25) is 0 Å². The fourth-order valence-electron chi connectivity index (χ4n) is 2.54. The second kappa shape index (κ2) is 5.12. The predicted octanol–water partition coefficient (Wildman–Crippen LogP) is 4.05. The van der Waals surface area contributed by atoms with E-state index in [2.05, 4.69) is 0 Å². The number of halogens is 4. The van der Waals surface area contributed by atoms with Crippen LogP contribution in [-0.2, 0) is 12.6 Å². The minimum absolute atomic E-state index is 0.171. The minimum atomic E-state index is -4.43. The second-order valence-corrected chi connectivity index (χ2v) is 5.05. The van der Waals surface area contributed by atoms with Crippen LogP contribution in [0, 0.1) is 5.82 Å². The highest BCUT2D eigenvalue weighted by Crippen LogP contribution is 2.31. The molecule has 22 heavy (non-hydrogen) atoms. The van der Waals surface area contributed by atoms with E-state index < -0.39 is 11.7 Å². The first kappa shape index (κ1) is 14.6. The number of anilines is 1. The van der Waals surface area contributed by atoms with Gasteiger partial charge in [0, 0.05) is 17.8 Å². The molecule has 0 aliphatic carbocycles. The van der Waals surface area contributed by atoms with Gasteiger partial charge in [-0.1, -0.05) is 0 Å². The van der Waals surface area contributed by atoms with Gasteiger partial charge in [-0.2, -0.15) is 13.2 Å². The Hall–Kier alpha value is -2.37. The molecule has 114 valence electrons. The van der Waals surface area contributed by atoms with Crippen molar-refractivity contribution >= 4 is 11.6 Å². The molecule has 0 unspecified atom stereocenters. The SMILES string of the molecule is O=C(c1ccc(C(F)(F)F)cc1)N1CCc2cc(F)ccc21. The summed E-state index contributed by atoms with van der Waals surface area (Å²) in [6.45, 7) is 0.388. The number of fused-ring (bicyclic) bond motifs is 1. The molecule has 2 aromatic rings. The van der Waals surface area contributed by atoms with Crippen LogP contribution in [-0.4, -0.2) is 12.5 Å². The molecule has 0 N–H and O–H groups in total. The summed E-state index contributed by atoms with van der Waals surface area (Å²) in [5, 5.41) is 0. The van der Waals surface area contributed by atoms with Crippen LogP contribution >= 0.6 is 0 Å². The van der Waals surface area contributed by atoms with Gasteiger partial charge >= 0.3 is 6.18 Å². The third kappa shape index (κ3) is 2.56. The summed E-state index contributed by atoms with van der Waals surface area (Å²) in [5.74, 6) is -0.762. The largest absolute Gasteiger partial charge is 0.416 e. The van der Waals surface area contributed by atoms with E-state index in [1.54, 1.807) is 0 Å². The lowest BCUT2D eigenvalue weighted by Crippen LogP contribution is -2.28. The van der Waals surface area contributed by atoms with E-state index in [-0.39, 0.29) is 17.3 Å². The van der Waals surface area contributed by atoms with E-state index in [0.29, 0.717) is 18.7 Å². The van der Waals surface area contributed by atoms with Crippen LogP contribution in [0.3, 0.4) is 0 Å². The molecule has 1 amide bonds. The lowest BCUT2D eigenvalue weighted by molar-refractivity contribution is -0.137. The van der Waals surface area contributed by atoms with Crippen molar-refractivity contribution in [2.75, 3.05) is 11.4 Å². The van der Waals surface area contributed by atoms with E-state index >= 15 is 0 Å². The number of benzene rings is 2. The first-order chi connectivity index (χ1) is 10.4. The molecule has 2 aromatic carbocycles. The Labute approximate surface area is 124 Å². The molecule has 1 aliphatic rings. The topological polar surface area (TPSA) is 20.3 Å². The number of amides is 1. The fraction of sp³-hybridized carbons (Fsp3) is 0.188. The smallest absolute Gasteiger partial charge is 0.308 e. The van der Waals surface area contributed by atoms with Gasteiger partial charge in [0.25, 0.3) is 5.91 Å². The number of hydrogen-bond acceptors (Lipinski definition) is 1. The molecule has 0 atom stereocenters. The van der Waals surface area contributed by atoms with Crippen molar-refractivity contribution in [3.05, 3.63) is 65.0 Å². The highest BCUT2D eigenvalue weighted by molar-refractivity contribution is 6.07. The van der Waals surface area contributed by atoms with Gasteiger partial charge in [0.2, 0.25) is 0 Å². The number of alkyl halides is 3. The van der Waals surface area contributed by atoms with Gasteiger partial charge in [0.1, 0.15) is 5.82 Å². The van der Waals surface area contributed by atoms with Crippen LogP contribution in [0.15, 0.2) is 42.5 Å². The lowest BCUT2D eigenvalue weighted by Gasteiger charge is -2.17. The highest BCUT2D eigenvalue weighted by atomic mass is 19.4. The first-order valence-electron chi connectivity index (χ1n) is 6.64. The first-order valence-corrected chi connectivity index (χ1v) is 6.64. The third-order valence-electron chi connectivity index (χ3n) is 3.64. The van der Waals surface area contributed by atoms with Crippen LogP contribution < -0.4 is 4.90 Å². The molecule has 0 spiro atoms. The Kier molecular flexibility index (Phi) is 3.39. The molecule has 1 aliphatic heterocycles. The quantitative estimate of drug-likeness (QED) is 0.728. The summed E-state index contributed by atoms with van der Waals surface area (Å²) in [6, 6.07) is 8.23. The van der Waals surface area contributed by atoms with Crippen LogP contribution in [0.5, 0.6) is 0 Å². The van der Waals surface area contributed by atoms with E-state index in [4.69, 9.17) is 0 Å². The van der Waals surface area contributed by atoms with Crippen molar-refractivity contribution in [2.24, 2.45) is 0 Å². The Morgan fingerprint density at radius 1 is 1.05 bits per heavy atom. The molecule has 6 heteroatoms. The average Bonchev–Trinajstić information content (AvgIpc) is 2.88. The highest BCUT2D eigenvalue weighted by Gasteiger charge is 2.31. The summed E-state index contributed by atoms with van der Waals surface area (Å²) in [4.78, 5) is 13.9. The van der Waals surface area contributed by atoms with Crippen LogP contribution in [0.4, 0.5) is 23.2 Å². The van der Waals surface area contributed by atoms with Crippen molar-refractivity contribution < 1.29 is 22.4 Å². The lowest BCUT2D eigenvalue weighted by atomic mass is 10.1. The van der Waals surface area contributed by atoms with E-state index in [9.17, 15) is 22.4 Å². The average molecular weight is 309 g/mol. The number of nitrogens with zero attached hydrogens (tertiary/aromatic N) is 1. The molecule has 0 fully saturated rings. The standard InChI is InChI=1S/C16H11F4NO/c17-13-5-6-14-11(9-13)7-8-21(14)15(22)10-1-3-12(4-2-10)16(18,19)20/h1-6,9H,7-8H2. The number of carbonyl (C=O) groups excluding carboxylic acids is 1. The zero-order valence-electron chi connectivity index (χ0n) is 11.3. The summed E-state index contributed by atoms with van der Waals surface area (Å²) in [7, 11) is 0. The number of carbonyl (C=O) groups is 1.